The van der Waals surface area contributed by atoms with E-state index in [9.17, 15) is 14.4 Å². The number of carbonyl (C=O) groups excluding carboxylic acids is 3. The van der Waals surface area contributed by atoms with Crippen molar-refractivity contribution in [2.24, 2.45) is 5.92 Å². The highest BCUT2D eigenvalue weighted by molar-refractivity contribution is 6.00. The van der Waals surface area contributed by atoms with Gasteiger partial charge in [0.05, 0.1) is 31.3 Å². The molecule has 0 N–H and O–H groups in total. The van der Waals surface area contributed by atoms with Crippen molar-refractivity contribution in [1.29, 1.82) is 5.26 Å². The van der Waals surface area contributed by atoms with Crippen LogP contribution in [0.4, 0.5) is 5.69 Å². The number of carbonyl (C=O) groups is 3. The molecule has 7 nitrogen and oxygen atoms in total. The number of ether oxygens (including phenoxy) is 2. The van der Waals surface area contributed by atoms with Gasteiger partial charge in [0.1, 0.15) is 6.07 Å². The van der Waals surface area contributed by atoms with Crippen LogP contribution in [-0.2, 0) is 19.1 Å². The number of methoxy groups -OCH3 is 2. The number of amides is 1. The van der Waals surface area contributed by atoms with Gasteiger partial charge in [0.2, 0.25) is 5.91 Å². The van der Waals surface area contributed by atoms with E-state index in [1.54, 1.807) is 6.07 Å². The molecule has 22 heavy (non-hydrogen) atoms. The summed E-state index contributed by atoms with van der Waals surface area (Å²) < 4.78 is 9.24. The monoisotopic (exact) mass is 302 g/mol. The Balaban J connectivity index is 2.31. The van der Waals surface area contributed by atoms with Gasteiger partial charge >= 0.3 is 11.9 Å². The first-order chi connectivity index (χ1) is 10.5. The molecule has 1 aromatic carbocycles. The van der Waals surface area contributed by atoms with Crippen LogP contribution in [0, 0.1) is 17.2 Å². The standard InChI is InChI=1S/C15H14N2O5/c1-21-14(19)10-6-13(18)17(8-10)11-3-4-12(15(20)22-2)9(5-11)7-16/h3-5,10H,6,8H2,1-2H3. The molecule has 1 aromatic rings. The maximum Gasteiger partial charge on any atom is 0.339 e. The van der Waals surface area contributed by atoms with Crippen LogP contribution in [0.1, 0.15) is 22.3 Å². The summed E-state index contributed by atoms with van der Waals surface area (Å²) in [5.41, 5.74) is 0.698. The van der Waals surface area contributed by atoms with E-state index >= 15 is 0 Å². The molecule has 0 spiro atoms. The molecule has 1 amide bonds. The summed E-state index contributed by atoms with van der Waals surface area (Å²) in [5, 5.41) is 9.14. The zero-order chi connectivity index (χ0) is 16.3. The van der Waals surface area contributed by atoms with Crippen LogP contribution in [0.15, 0.2) is 18.2 Å². The van der Waals surface area contributed by atoms with E-state index in [0.29, 0.717) is 5.69 Å². The van der Waals surface area contributed by atoms with Gasteiger partial charge in [-0.1, -0.05) is 0 Å². The van der Waals surface area contributed by atoms with E-state index in [1.807, 2.05) is 6.07 Å². The second-order valence-corrected chi connectivity index (χ2v) is 4.76. The molecular formula is C15H14N2O5. The van der Waals surface area contributed by atoms with E-state index in [4.69, 9.17) is 5.26 Å². The highest BCUT2D eigenvalue weighted by Crippen LogP contribution is 2.27. The van der Waals surface area contributed by atoms with Crippen molar-refractivity contribution >= 4 is 23.5 Å². The number of rotatable bonds is 3. The molecule has 7 heteroatoms. The molecule has 1 aliphatic rings. The minimum absolute atomic E-state index is 0.0628. The third kappa shape index (κ3) is 2.76. The molecule has 1 unspecified atom stereocenters. The lowest BCUT2D eigenvalue weighted by Gasteiger charge is -2.17. The van der Waals surface area contributed by atoms with Gasteiger partial charge in [-0.25, -0.2) is 4.79 Å². The smallest absolute Gasteiger partial charge is 0.339 e. The average molecular weight is 302 g/mol. The zero-order valence-corrected chi connectivity index (χ0v) is 12.2. The second kappa shape index (κ2) is 6.26. The topological polar surface area (TPSA) is 96.7 Å². The van der Waals surface area contributed by atoms with Gasteiger partial charge in [0.25, 0.3) is 0 Å². The molecular weight excluding hydrogens is 288 g/mol. The number of anilines is 1. The molecule has 0 saturated carbocycles. The highest BCUT2D eigenvalue weighted by atomic mass is 16.5. The van der Waals surface area contributed by atoms with E-state index in [2.05, 4.69) is 9.47 Å². The summed E-state index contributed by atoms with van der Waals surface area (Å²) >= 11 is 0. The zero-order valence-electron chi connectivity index (χ0n) is 12.2. The molecule has 1 heterocycles. The number of hydrogen-bond donors (Lipinski definition) is 0. The molecule has 0 aromatic heterocycles. The van der Waals surface area contributed by atoms with Crippen molar-refractivity contribution in [2.45, 2.75) is 6.42 Å². The van der Waals surface area contributed by atoms with Crippen LogP contribution in [-0.4, -0.2) is 38.6 Å². The molecule has 0 radical (unpaired) electrons. The Hall–Kier alpha value is -2.88. The molecule has 0 bridgehead atoms. The van der Waals surface area contributed by atoms with Crippen LogP contribution in [0.2, 0.25) is 0 Å². The van der Waals surface area contributed by atoms with Crippen LogP contribution >= 0.6 is 0 Å². The Morgan fingerprint density at radius 3 is 2.64 bits per heavy atom. The van der Waals surface area contributed by atoms with E-state index < -0.39 is 17.9 Å². The van der Waals surface area contributed by atoms with Crippen LogP contribution in [0.5, 0.6) is 0 Å². The second-order valence-electron chi connectivity index (χ2n) is 4.76. The number of hydrogen-bond acceptors (Lipinski definition) is 6. The summed E-state index contributed by atoms with van der Waals surface area (Å²) in [7, 11) is 2.50. The molecule has 1 fully saturated rings. The largest absolute Gasteiger partial charge is 0.469 e. The van der Waals surface area contributed by atoms with Gasteiger partial charge in [-0.15, -0.1) is 0 Å². The van der Waals surface area contributed by atoms with Crippen molar-refractivity contribution in [2.75, 3.05) is 25.7 Å². The Morgan fingerprint density at radius 1 is 1.32 bits per heavy atom. The summed E-state index contributed by atoms with van der Waals surface area (Å²) in [4.78, 5) is 36.5. The van der Waals surface area contributed by atoms with Gasteiger partial charge < -0.3 is 14.4 Å². The fourth-order valence-corrected chi connectivity index (χ4v) is 2.36. The molecule has 1 aliphatic heterocycles. The van der Waals surface area contributed by atoms with E-state index in [0.717, 1.165) is 0 Å². The lowest BCUT2D eigenvalue weighted by atomic mass is 10.1. The lowest BCUT2D eigenvalue weighted by molar-refractivity contribution is -0.145. The summed E-state index contributed by atoms with van der Waals surface area (Å²) in [5.74, 6) is -1.82. The minimum Gasteiger partial charge on any atom is -0.469 e. The van der Waals surface area contributed by atoms with Crippen molar-refractivity contribution in [3.63, 3.8) is 0 Å². The summed E-state index contributed by atoms with van der Waals surface area (Å²) in [6, 6.07) is 6.31. The van der Waals surface area contributed by atoms with Gasteiger partial charge in [-0.3, -0.25) is 9.59 Å². The number of benzene rings is 1. The SMILES string of the molecule is COC(=O)c1ccc(N2CC(C(=O)OC)CC2=O)cc1C#N. The first-order valence-electron chi connectivity index (χ1n) is 6.52. The van der Waals surface area contributed by atoms with Crippen LogP contribution in [0.25, 0.3) is 0 Å². The maximum atomic E-state index is 12.0. The summed E-state index contributed by atoms with van der Waals surface area (Å²) in [6.07, 6.45) is 0.0628. The van der Waals surface area contributed by atoms with Gasteiger partial charge in [0.15, 0.2) is 0 Å². The number of nitriles is 1. The predicted molar refractivity (Wildman–Crippen MR) is 75.0 cm³/mol. The van der Waals surface area contributed by atoms with Crippen LogP contribution in [0.3, 0.4) is 0 Å². The average Bonchev–Trinajstić information content (AvgIpc) is 2.94. The van der Waals surface area contributed by atoms with Gasteiger partial charge in [-0.2, -0.15) is 5.26 Å². The van der Waals surface area contributed by atoms with Crippen molar-refractivity contribution in [1.82, 2.24) is 0 Å². The number of esters is 2. The molecule has 1 atom stereocenters. The Bertz CT molecular complexity index is 677. The third-order valence-corrected chi connectivity index (χ3v) is 3.50. The highest BCUT2D eigenvalue weighted by Gasteiger charge is 2.36. The first kappa shape index (κ1) is 15.5. The first-order valence-corrected chi connectivity index (χ1v) is 6.52. The van der Waals surface area contributed by atoms with E-state index in [1.165, 1.54) is 31.3 Å². The van der Waals surface area contributed by atoms with E-state index in [-0.39, 0.29) is 30.0 Å². The van der Waals surface area contributed by atoms with Gasteiger partial charge in [0, 0.05) is 18.7 Å². The predicted octanol–water partition coefficient (Wildman–Crippen LogP) is 0.871. The quantitative estimate of drug-likeness (QED) is 0.769. The maximum absolute atomic E-state index is 12.0. The molecule has 114 valence electrons. The van der Waals surface area contributed by atoms with Gasteiger partial charge in [-0.05, 0) is 18.2 Å². The van der Waals surface area contributed by atoms with Crippen LogP contribution < -0.4 is 4.90 Å². The molecule has 2 rings (SSSR count). The fourth-order valence-electron chi connectivity index (χ4n) is 2.36. The Labute approximate surface area is 127 Å². The fraction of sp³-hybridized carbons (Fsp3) is 0.333. The normalized spacial score (nSPS) is 17.0. The molecule has 1 saturated heterocycles. The minimum atomic E-state index is -0.622. The Morgan fingerprint density at radius 2 is 2.05 bits per heavy atom. The Kier molecular flexibility index (Phi) is 4.41. The van der Waals surface area contributed by atoms with Crippen molar-refractivity contribution in [3.8, 4) is 6.07 Å². The van der Waals surface area contributed by atoms with Crippen molar-refractivity contribution < 1.29 is 23.9 Å². The third-order valence-electron chi connectivity index (χ3n) is 3.50. The van der Waals surface area contributed by atoms with Crippen molar-refractivity contribution in [3.05, 3.63) is 29.3 Å². The summed E-state index contributed by atoms with van der Waals surface area (Å²) in [6.45, 7) is 0.188. The lowest BCUT2D eigenvalue weighted by Crippen LogP contribution is -2.26. The molecule has 0 aliphatic carbocycles. The number of nitrogens with zero attached hydrogens (tertiary/aromatic N) is 2.